The second-order valence-electron chi connectivity index (χ2n) is 10.8. The quantitative estimate of drug-likeness (QED) is 0.210. The van der Waals surface area contributed by atoms with Gasteiger partial charge in [0.25, 0.3) is 5.91 Å². The number of methoxy groups -OCH3 is 1. The van der Waals surface area contributed by atoms with E-state index in [9.17, 15) is 30.0 Å². The van der Waals surface area contributed by atoms with E-state index in [4.69, 9.17) is 18.6 Å². The number of aliphatic hydroxyl groups excluding tert-OH is 2. The van der Waals surface area contributed by atoms with E-state index in [1.54, 1.807) is 20.8 Å². The van der Waals surface area contributed by atoms with Crippen molar-refractivity contribution in [3.05, 3.63) is 69.1 Å². The Balaban J connectivity index is 1.62. The monoisotopic (exact) mass is 569 g/mol. The second kappa shape index (κ2) is 11.5. The smallest absolute Gasteiger partial charge is 0.364 e. The molecule has 4 rings (SSSR count). The fourth-order valence-corrected chi connectivity index (χ4v) is 4.82. The minimum Gasteiger partial charge on any atom is -0.508 e. The van der Waals surface area contributed by atoms with Crippen LogP contribution in [0.4, 0.5) is 5.69 Å². The average Bonchev–Trinajstić information content (AvgIpc) is 2.90. The maximum absolute atomic E-state index is 13.0. The molecule has 1 amide bonds. The topological polar surface area (TPSA) is 168 Å². The number of hydrogen-bond acceptors (Lipinski definition) is 10. The fourth-order valence-electron chi connectivity index (χ4n) is 4.82. The summed E-state index contributed by atoms with van der Waals surface area (Å²) in [5, 5.41) is 44.7. The number of ether oxygens (including phenoxy) is 3. The molecule has 1 aromatic heterocycles. The van der Waals surface area contributed by atoms with Gasteiger partial charge in [-0.1, -0.05) is 11.6 Å². The van der Waals surface area contributed by atoms with Crippen molar-refractivity contribution in [3.63, 3.8) is 0 Å². The number of anilines is 1. The molecule has 0 aliphatic carbocycles. The first-order valence-electron chi connectivity index (χ1n) is 13.0. The molecule has 11 nitrogen and oxygen atoms in total. The number of carbonyl (C=O) groups is 1. The normalized spacial score (nSPS) is 21.9. The van der Waals surface area contributed by atoms with Crippen LogP contribution in [0.1, 0.15) is 49.2 Å². The third-order valence-corrected chi connectivity index (χ3v) is 7.10. The largest absolute Gasteiger partial charge is 0.508 e. The number of aromatic hydroxyl groups is 2. The molecule has 41 heavy (non-hydrogen) atoms. The number of nitrogens with one attached hydrogen (secondary N) is 1. The molecule has 1 saturated heterocycles. The molecule has 1 aliphatic heterocycles. The van der Waals surface area contributed by atoms with Crippen molar-refractivity contribution in [1.82, 2.24) is 0 Å². The summed E-state index contributed by atoms with van der Waals surface area (Å²) in [4.78, 5) is 25.8. The standard InChI is InChI=1S/C30H35NO10/c1-14(2)7-8-16-13-17(9-11-19(16)32)27(36)31-21-22(33)18-10-12-20(15(3)25(18)40-28(21)37)39-29-24(35)23(34)26(38-6)30(4,5)41-29/h7,9-13,23-24,26,29,32-35H,8H2,1-6H3,(H,31,36)/t23-,24+,26-,29-/m0/s1. The highest BCUT2D eigenvalue weighted by Gasteiger charge is 2.50. The molecule has 1 fully saturated rings. The van der Waals surface area contributed by atoms with Gasteiger partial charge in [0.15, 0.2) is 11.4 Å². The molecule has 0 saturated carbocycles. The van der Waals surface area contributed by atoms with Crippen LogP contribution in [0.15, 0.2) is 51.2 Å². The summed E-state index contributed by atoms with van der Waals surface area (Å²) in [5.74, 6) is -0.978. The number of hydrogen-bond donors (Lipinski definition) is 5. The van der Waals surface area contributed by atoms with Crippen molar-refractivity contribution in [1.29, 1.82) is 0 Å². The zero-order chi connectivity index (χ0) is 30.2. The van der Waals surface area contributed by atoms with Crippen molar-refractivity contribution in [3.8, 4) is 17.2 Å². The van der Waals surface area contributed by atoms with E-state index in [2.05, 4.69) is 5.32 Å². The van der Waals surface area contributed by atoms with Crippen molar-refractivity contribution >= 4 is 22.6 Å². The predicted molar refractivity (Wildman–Crippen MR) is 150 cm³/mol. The Kier molecular flexibility index (Phi) is 8.46. The Hall–Kier alpha value is -3.90. The number of aryl methyl sites for hydroxylation is 1. The van der Waals surface area contributed by atoms with Crippen molar-refractivity contribution in [2.24, 2.45) is 0 Å². The Morgan fingerprint density at radius 3 is 2.49 bits per heavy atom. The van der Waals surface area contributed by atoms with E-state index >= 15 is 0 Å². The lowest BCUT2D eigenvalue weighted by atomic mass is 9.89. The van der Waals surface area contributed by atoms with Crippen LogP contribution >= 0.6 is 0 Å². The lowest BCUT2D eigenvalue weighted by Crippen LogP contribution is -2.63. The molecule has 2 heterocycles. The van der Waals surface area contributed by atoms with Gasteiger partial charge in [-0.15, -0.1) is 0 Å². The van der Waals surface area contributed by atoms with Gasteiger partial charge in [0.05, 0.1) is 11.0 Å². The molecule has 11 heteroatoms. The molecule has 1 aliphatic rings. The Labute approximate surface area is 236 Å². The molecule has 4 atom stereocenters. The van der Waals surface area contributed by atoms with Crippen molar-refractivity contribution < 1.29 is 43.8 Å². The van der Waals surface area contributed by atoms with Gasteiger partial charge in [-0.3, -0.25) is 4.79 Å². The van der Waals surface area contributed by atoms with Gasteiger partial charge in [0, 0.05) is 18.2 Å². The summed E-state index contributed by atoms with van der Waals surface area (Å²) < 4.78 is 22.5. The van der Waals surface area contributed by atoms with E-state index in [1.165, 1.54) is 37.4 Å². The lowest BCUT2D eigenvalue weighted by molar-refractivity contribution is -0.306. The molecule has 2 aromatic carbocycles. The highest BCUT2D eigenvalue weighted by molar-refractivity contribution is 6.06. The van der Waals surface area contributed by atoms with Gasteiger partial charge in [-0.25, -0.2) is 4.79 Å². The summed E-state index contributed by atoms with van der Waals surface area (Å²) in [6.07, 6.45) is -2.49. The highest BCUT2D eigenvalue weighted by atomic mass is 16.7. The fraction of sp³-hybridized carbons (Fsp3) is 0.400. The molecule has 220 valence electrons. The minimum atomic E-state index is -1.44. The number of aliphatic hydroxyl groups is 2. The number of phenols is 1. The molecule has 0 radical (unpaired) electrons. The number of carbonyl (C=O) groups excluding carboxylic acids is 1. The Morgan fingerprint density at radius 2 is 1.83 bits per heavy atom. The first-order valence-corrected chi connectivity index (χ1v) is 13.0. The zero-order valence-electron chi connectivity index (χ0n) is 23.7. The first kappa shape index (κ1) is 30.1. The van der Waals surface area contributed by atoms with E-state index in [1.807, 2.05) is 19.9 Å². The summed E-state index contributed by atoms with van der Waals surface area (Å²) in [7, 11) is 1.40. The van der Waals surface area contributed by atoms with Gasteiger partial charge in [-0.2, -0.15) is 0 Å². The number of allylic oxidation sites excluding steroid dienone is 2. The molecule has 0 bridgehead atoms. The maximum atomic E-state index is 13.0. The van der Waals surface area contributed by atoms with Gasteiger partial charge >= 0.3 is 5.63 Å². The lowest BCUT2D eigenvalue weighted by Gasteiger charge is -2.46. The maximum Gasteiger partial charge on any atom is 0.364 e. The number of benzene rings is 2. The van der Waals surface area contributed by atoms with E-state index < -0.39 is 53.2 Å². The van der Waals surface area contributed by atoms with Crippen LogP contribution in [-0.4, -0.2) is 63.6 Å². The van der Waals surface area contributed by atoms with Gasteiger partial charge in [0.1, 0.15) is 35.4 Å². The van der Waals surface area contributed by atoms with E-state index in [0.29, 0.717) is 17.5 Å². The summed E-state index contributed by atoms with van der Waals surface area (Å²) in [6, 6.07) is 7.21. The van der Waals surface area contributed by atoms with Crippen LogP contribution < -0.4 is 15.7 Å². The molecular formula is C30H35NO10. The molecule has 5 N–H and O–H groups in total. The predicted octanol–water partition coefficient (Wildman–Crippen LogP) is 3.52. The summed E-state index contributed by atoms with van der Waals surface area (Å²) in [6.45, 7) is 8.80. The van der Waals surface area contributed by atoms with E-state index in [0.717, 1.165) is 5.57 Å². The van der Waals surface area contributed by atoms with Gasteiger partial charge in [-0.05, 0) is 76.9 Å². The zero-order valence-corrected chi connectivity index (χ0v) is 23.7. The molecular weight excluding hydrogens is 534 g/mol. The summed E-state index contributed by atoms with van der Waals surface area (Å²) >= 11 is 0. The average molecular weight is 570 g/mol. The van der Waals surface area contributed by atoms with Crippen LogP contribution in [0, 0.1) is 6.92 Å². The van der Waals surface area contributed by atoms with E-state index in [-0.39, 0.29) is 28.0 Å². The molecule has 3 aromatic rings. The second-order valence-corrected chi connectivity index (χ2v) is 10.8. The summed E-state index contributed by atoms with van der Waals surface area (Å²) in [5.41, 5.74) is -0.390. The van der Waals surface area contributed by atoms with Crippen molar-refractivity contribution in [2.45, 2.75) is 71.2 Å². The SMILES string of the molecule is CO[C@H]1[C@@H](O)[C@@H](O)[C@@H](Oc2ccc3c(O)c(NC(=O)c4ccc(O)c(CC=C(C)C)c4)c(=O)oc3c2C)OC1(C)C. The number of rotatable bonds is 7. The van der Waals surface area contributed by atoms with Crippen LogP contribution in [-0.2, 0) is 15.9 Å². The Morgan fingerprint density at radius 1 is 1.12 bits per heavy atom. The first-order chi connectivity index (χ1) is 19.2. The van der Waals surface area contributed by atoms with Gasteiger partial charge < -0.3 is 44.4 Å². The van der Waals surface area contributed by atoms with Crippen LogP contribution in [0.5, 0.6) is 17.2 Å². The molecule has 0 spiro atoms. The van der Waals surface area contributed by atoms with Crippen molar-refractivity contribution in [2.75, 3.05) is 12.4 Å². The minimum absolute atomic E-state index is 0.00322. The number of amides is 1. The molecule has 0 unspecified atom stereocenters. The van der Waals surface area contributed by atoms with Crippen LogP contribution in [0.3, 0.4) is 0 Å². The van der Waals surface area contributed by atoms with Crippen LogP contribution in [0.25, 0.3) is 11.0 Å². The number of fused-ring (bicyclic) bond motifs is 1. The Bertz CT molecular complexity index is 1550. The third-order valence-electron chi connectivity index (χ3n) is 7.10. The van der Waals surface area contributed by atoms with Crippen LogP contribution in [0.2, 0.25) is 0 Å². The third kappa shape index (κ3) is 5.94. The van der Waals surface area contributed by atoms with Gasteiger partial charge in [0.2, 0.25) is 6.29 Å². The number of phenolic OH excluding ortho intramolecular Hbond substituents is 1. The highest BCUT2D eigenvalue weighted by Crippen LogP contribution is 2.38.